The number of carbonyl (C=O) groups excluding carboxylic acids is 1. The molecule has 0 bridgehead atoms. The van der Waals surface area contributed by atoms with Crippen molar-refractivity contribution in [2.45, 2.75) is 58.9 Å². The molecule has 2 rings (SSSR count). The van der Waals surface area contributed by atoms with Gasteiger partial charge in [-0.2, -0.15) is 0 Å². The lowest BCUT2D eigenvalue weighted by molar-refractivity contribution is -0.121. The van der Waals surface area contributed by atoms with Crippen molar-refractivity contribution in [1.29, 1.82) is 0 Å². The number of hydrogen-bond donors (Lipinski definition) is 2. The predicted molar refractivity (Wildman–Crippen MR) is 124 cm³/mol. The highest BCUT2D eigenvalue weighted by atomic mass is 127. The molecule has 1 amide bonds. The van der Waals surface area contributed by atoms with E-state index in [-0.39, 0.29) is 29.9 Å². The topological polar surface area (TPSA) is 60.0 Å². The third-order valence-corrected chi connectivity index (χ3v) is 5.82. The van der Waals surface area contributed by atoms with Gasteiger partial charge in [0.1, 0.15) is 0 Å². The number of rotatable bonds is 6. The lowest BCUT2D eigenvalue weighted by atomic mass is 9.93. The molecule has 6 nitrogen and oxygen atoms in total. The number of amides is 1. The Hall–Kier alpha value is -0.570. The van der Waals surface area contributed by atoms with Crippen LogP contribution >= 0.6 is 24.0 Å². The van der Waals surface area contributed by atoms with Crippen LogP contribution in [0.2, 0.25) is 0 Å². The van der Waals surface area contributed by atoms with E-state index >= 15 is 0 Å². The molecule has 0 radical (unpaired) electrons. The fourth-order valence-corrected chi connectivity index (χ4v) is 4.10. The van der Waals surface area contributed by atoms with E-state index in [1.54, 1.807) is 7.05 Å². The summed E-state index contributed by atoms with van der Waals surface area (Å²) in [5.41, 5.74) is 0. The normalized spacial score (nSPS) is 23.5. The van der Waals surface area contributed by atoms with Crippen LogP contribution in [-0.4, -0.2) is 74.0 Å². The van der Waals surface area contributed by atoms with E-state index in [9.17, 15) is 4.79 Å². The summed E-state index contributed by atoms with van der Waals surface area (Å²) in [6.07, 6.45) is 5.46. The van der Waals surface area contributed by atoms with Crippen molar-refractivity contribution in [2.24, 2.45) is 16.8 Å². The zero-order chi connectivity index (χ0) is 18.9. The van der Waals surface area contributed by atoms with Gasteiger partial charge in [-0.1, -0.05) is 6.92 Å². The van der Waals surface area contributed by atoms with Gasteiger partial charge in [0.25, 0.3) is 0 Å². The fourth-order valence-electron chi connectivity index (χ4n) is 4.10. The van der Waals surface area contributed by atoms with Gasteiger partial charge >= 0.3 is 0 Å². The second-order valence-electron chi connectivity index (χ2n) is 8.09. The molecule has 2 saturated heterocycles. The van der Waals surface area contributed by atoms with E-state index in [2.05, 4.69) is 41.2 Å². The van der Waals surface area contributed by atoms with Gasteiger partial charge < -0.3 is 15.5 Å². The van der Waals surface area contributed by atoms with Crippen molar-refractivity contribution in [3.8, 4) is 0 Å². The Morgan fingerprint density at radius 2 is 1.93 bits per heavy atom. The van der Waals surface area contributed by atoms with E-state index in [1.807, 2.05) is 0 Å². The average molecular weight is 493 g/mol. The second-order valence-corrected chi connectivity index (χ2v) is 8.09. The van der Waals surface area contributed by atoms with Gasteiger partial charge in [-0.15, -0.1) is 24.0 Å². The van der Waals surface area contributed by atoms with Gasteiger partial charge in [0.2, 0.25) is 5.91 Å². The van der Waals surface area contributed by atoms with Gasteiger partial charge in [0.05, 0.1) is 6.54 Å². The molecule has 158 valence electrons. The van der Waals surface area contributed by atoms with E-state index in [0.717, 1.165) is 50.9 Å². The van der Waals surface area contributed by atoms with E-state index in [0.29, 0.717) is 18.4 Å². The molecule has 2 aliphatic heterocycles. The van der Waals surface area contributed by atoms with E-state index in [4.69, 9.17) is 4.99 Å². The Labute approximate surface area is 182 Å². The SMILES string of the molecule is CCNC(=NCC(C)N1CCCC(C)C1)N1CCC(CC(=O)NC)CC1.I. The number of carbonyl (C=O) groups is 1. The quantitative estimate of drug-likeness (QED) is 0.339. The number of likely N-dealkylation sites (tertiary alicyclic amines) is 2. The van der Waals surface area contributed by atoms with E-state index in [1.165, 1.54) is 25.9 Å². The first-order valence-electron chi connectivity index (χ1n) is 10.5. The molecule has 2 heterocycles. The Morgan fingerprint density at radius 3 is 2.52 bits per heavy atom. The maximum Gasteiger partial charge on any atom is 0.220 e. The molecule has 2 fully saturated rings. The van der Waals surface area contributed by atoms with Gasteiger partial charge in [0, 0.05) is 45.7 Å². The molecule has 2 atom stereocenters. The first kappa shape index (κ1) is 24.5. The maximum atomic E-state index is 11.6. The zero-order valence-corrected chi connectivity index (χ0v) is 20.0. The summed E-state index contributed by atoms with van der Waals surface area (Å²) in [6.45, 7) is 12.9. The van der Waals surface area contributed by atoms with Gasteiger partial charge in [-0.25, -0.2) is 0 Å². The first-order chi connectivity index (χ1) is 12.5. The largest absolute Gasteiger partial charge is 0.359 e. The molecule has 0 spiro atoms. The standard InChI is InChI=1S/C20H39N5O.HI/c1-5-22-20(23-14-17(3)25-10-6-7-16(2)15-25)24-11-8-18(9-12-24)13-19(26)21-4;/h16-18H,5-15H2,1-4H3,(H,21,26)(H,22,23);1H. The monoisotopic (exact) mass is 493 g/mol. The fraction of sp³-hybridized carbons (Fsp3) is 0.900. The summed E-state index contributed by atoms with van der Waals surface area (Å²) in [5, 5.41) is 6.20. The highest BCUT2D eigenvalue weighted by molar-refractivity contribution is 14.0. The molecule has 0 saturated carbocycles. The average Bonchev–Trinajstić information content (AvgIpc) is 2.65. The van der Waals surface area contributed by atoms with Gasteiger partial charge in [-0.3, -0.25) is 14.7 Å². The number of hydrogen-bond acceptors (Lipinski definition) is 3. The van der Waals surface area contributed by atoms with Crippen LogP contribution < -0.4 is 10.6 Å². The molecule has 2 N–H and O–H groups in total. The zero-order valence-electron chi connectivity index (χ0n) is 17.7. The van der Waals surface area contributed by atoms with Crippen molar-refractivity contribution in [2.75, 3.05) is 46.3 Å². The smallest absolute Gasteiger partial charge is 0.220 e. The molecule has 0 aromatic rings. The molecule has 0 aliphatic carbocycles. The lowest BCUT2D eigenvalue weighted by Gasteiger charge is -2.36. The van der Waals surface area contributed by atoms with Crippen molar-refractivity contribution < 1.29 is 4.79 Å². The molecule has 0 aromatic carbocycles. The highest BCUT2D eigenvalue weighted by Gasteiger charge is 2.24. The summed E-state index contributed by atoms with van der Waals surface area (Å²) in [7, 11) is 1.72. The van der Waals surface area contributed by atoms with Gasteiger partial charge in [-0.05, 0) is 57.9 Å². The van der Waals surface area contributed by atoms with Crippen LogP contribution in [0.25, 0.3) is 0 Å². The number of piperidine rings is 2. The third kappa shape index (κ3) is 8.13. The van der Waals surface area contributed by atoms with Crippen LogP contribution in [0.15, 0.2) is 4.99 Å². The molecular weight excluding hydrogens is 453 g/mol. The molecule has 2 unspecified atom stereocenters. The number of nitrogens with zero attached hydrogens (tertiary/aromatic N) is 3. The Kier molecular flexibility index (Phi) is 11.6. The van der Waals surface area contributed by atoms with Crippen molar-refractivity contribution in [1.82, 2.24) is 20.4 Å². The van der Waals surface area contributed by atoms with Crippen LogP contribution in [0.1, 0.15) is 52.9 Å². The molecular formula is C20H40IN5O. The van der Waals surface area contributed by atoms with Crippen LogP contribution in [0.4, 0.5) is 0 Å². The maximum absolute atomic E-state index is 11.6. The molecule has 27 heavy (non-hydrogen) atoms. The second kappa shape index (κ2) is 12.8. The van der Waals surface area contributed by atoms with Crippen LogP contribution in [0.5, 0.6) is 0 Å². The lowest BCUT2D eigenvalue weighted by Crippen LogP contribution is -2.47. The van der Waals surface area contributed by atoms with Crippen LogP contribution in [0.3, 0.4) is 0 Å². The Morgan fingerprint density at radius 1 is 1.22 bits per heavy atom. The number of halogens is 1. The summed E-state index contributed by atoms with van der Waals surface area (Å²) in [6, 6.07) is 0.497. The van der Waals surface area contributed by atoms with Crippen molar-refractivity contribution in [3.05, 3.63) is 0 Å². The summed E-state index contributed by atoms with van der Waals surface area (Å²) >= 11 is 0. The molecule has 7 heteroatoms. The summed E-state index contributed by atoms with van der Waals surface area (Å²) in [4.78, 5) is 21.5. The third-order valence-electron chi connectivity index (χ3n) is 5.82. The number of nitrogens with one attached hydrogen (secondary N) is 2. The number of aliphatic imine (C=N–C) groups is 1. The molecule has 2 aliphatic rings. The highest BCUT2D eigenvalue weighted by Crippen LogP contribution is 2.21. The first-order valence-corrected chi connectivity index (χ1v) is 10.5. The van der Waals surface area contributed by atoms with Gasteiger partial charge in [0.15, 0.2) is 5.96 Å². The number of guanidine groups is 1. The van der Waals surface area contributed by atoms with Crippen molar-refractivity contribution in [3.63, 3.8) is 0 Å². The summed E-state index contributed by atoms with van der Waals surface area (Å²) in [5.74, 6) is 2.52. The van der Waals surface area contributed by atoms with Crippen LogP contribution in [0, 0.1) is 11.8 Å². The minimum Gasteiger partial charge on any atom is -0.359 e. The molecule has 0 aromatic heterocycles. The summed E-state index contributed by atoms with van der Waals surface area (Å²) < 4.78 is 0. The Balaban J connectivity index is 0.00000364. The van der Waals surface area contributed by atoms with E-state index < -0.39 is 0 Å². The van der Waals surface area contributed by atoms with Crippen LogP contribution in [-0.2, 0) is 4.79 Å². The minimum absolute atomic E-state index is 0. The predicted octanol–water partition coefficient (Wildman–Crippen LogP) is 2.54. The minimum atomic E-state index is 0. The Bertz CT molecular complexity index is 465. The van der Waals surface area contributed by atoms with Crippen molar-refractivity contribution >= 4 is 35.8 Å².